The van der Waals surface area contributed by atoms with Crippen LogP contribution in [0.5, 0.6) is 0 Å². The Balaban J connectivity index is 1.67. The third-order valence-corrected chi connectivity index (χ3v) is 4.93. The molecule has 1 aliphatic heterocycles. The normalized spacial score (nSPS) is 14.3. The number of anilines is 1. The third-order valence-electron chi connectivity index (χ3n) is 4.93. The lowest BCUT2D eigenvalue weighted by Crippen LogP contribution is -2.31. The van der Waals surface area contributed by atoms with Gasteiger partial charge >= 0.3 is 0 Å². The second-order valence-electron chi connectivity index (χ2n) is 6.79. The molecule has 26 heavy (non-hydrogen) atoms. The zero-order valence-electron chi connectivity index (χ0n) is 14.8. The molecule has 1 aliphatic rings. The minimum atomic E-state index is 0.0955. The van der Waals surface area contributed by atoms with Crippen LogP contribution in [0, 0.1) is 0 Å². The van der Waals surface area contributed by atoms with Gasteiger partial charge in [-0.3, -0.25) is 9.58 Å². The van der Waals surface area contributed by atoms with Crippen molar-refractivity contribution < 1.29 is 5.11 Å². The van der Waals surface area contributed by atoms with Crippen molar-refractivity contribution in [3.8, 4) is 11.3 Å². The molecule has 134 valence electrons. The predicted octanol–water partition coefficient (Wildman–Crippen LogP) is 2.68. The van der Waals surface area contributed by atoms with Gasteiger partial charge in [0.15, 0.2) is 0 Å². The van der Waals surface area contributed by atoms with Crippen LogP contribution in [-0.2, 0) is 26.1 Å². The van der Waals surface area contributed by atoms with Crippen molar-refractivity contribution in [1.29, 1.82) is 0 Å². The van der Waals surface area contributed by atoms with Gasteiger partial charge in [0, 0.05) is 48.6 Å². The molecule has 0 radical (unpaired) electrons. The lowest BCUT2D eigenvalue weighted by Gasteiger charge is -2.28. The number of nitrogen functional groups attached to an aromatic ring is 1. The summed E-state index contributed by atoms with van der Waals surface area (Å²) in [6, 6.07) is 18.4. The zero-order chi connectivity index (χ0) is 17.9. The van der Waals surface area contributed by atoms with Gasteiger partial charge in [0.05, 0.1) is 18.8 Å². The summed E-state index contributed by atoms with van der Waals surface area (Å²) < 4.78 is 1.97. The molecule has 3 N–H and O–H groups in total. The van der Waals surface area contributed by atoms with Gasteiger partial charge in [-0.15, -0.1) is 0 Å². The predicted molar refractivity (Wildman–Crippen MR) is 103 cm³/mol. The van der Waals surface area contributed by atoms with Gasteiger partial charge in [0.1, 0.15) is 0 Å². The number of rotatable bonds is 5. The van der Waals surface area contributed by atoms with Crippen molar-refractivity contribution in [1.82, 2.24) is 14.7 Å². The van der Waals surface area contributed by atoms with E-state index in [0.29, 0.717) is 6.54 Å². The minimum absolute atomic E-state index is 0.0955. The highest BCUT2D eigenvalue weighted by Gasteiger charge is 2.25. The van der Waals surface area contributed by atoms with Crippen LogP contribution in [0.1, 0.15) is 16.8 Å². The number of aliphatic hydroxyl groups excluding tert-OH is 1. The Hall–Kier alpha value is -2.63. The topological polar surface area (TPSA) is 67.3 Å². The van der Waals surface area contributed by atoms with Crippen LogP contribution < -0.4 is 5.73 Å². The van der Waals surface area contributed by atoms with Crippen molar-refractivity contribution in [2.75, 3.05) is 18.9 Å². The number of fused-ring (bicyclic) bond motifs is 1. The number of nitrogens with two attached hydrogens (primary N) is 1. The van der Waals surface area contributed by atoms with Gasteiger partial charge in [0.2, 0.25) is 0 Å². The molecule has 2 heterocycles. The molecule has 0 spiro atoms. The molecule has 5 nitrogen and oxygen atoms in total. The van der Waals surface area contributed by atoms with E-state index in [1.807, 2.05) is 22.9 Å². The van der Waals surface area contributed by atoms with E-state index in [0.717, 1.165) is 43.0 Å². The van der Waals surface area contributed by atoms with E-state index in [9.17, 15) is 5.11 Å². The molecule has 2 aromatic carbocycles. The molecule has 0 aliphatic carbocycles. The van der Waals surface area contributed by atoms with Gasteiger partial charge in [-0.2, -0.15) is 5.10 Å². The molecule has 0 fully saturated rings. The van der Waals surface area contributed by atoms with Gasteiger partial charge in [-0.05, 0) is 17.7 Å². The summed E-state index contributed by atoms with van der Waals surface area (Å²) in [5.74, 6) is 0. The van der Waals surface area contributed by atoms with Crippen molar-refractivity contribution in [2.45, 2.75) is 26.1 Å². The van der Waals surface area contributed by atoms with E-state index >= 15 is 0 Å². The molecule has 4 rings (SSSR count). The fourth-order valence-electron chi connectivity index (χ4n) is 3.72. The maximum atomic E-state index is 9.40. The smallest absolute Gasteiger partial charge is 0.0971 e. The third kappa shape index (κ3) is 3.36. The summed E-state index contributed by atoms with van der Waals surface area (Å²) >= 11 is 0. The number of benzene rings is 2. The van der Waals surface area contributed by atoms with Crippen LogP contribution in [0.4, 0.5) is 5.69 Å². The first-order valence-corrected chi connectivity index (χ1v) is 9.06. The molecule has 0 bridgehead atoms. The molecule has 3 aromatic rings. The summed E-state index contributed by atoms with van der Waals surface area (Å²) in [5, 5.41) is 14.2. The van der Waals surface area contributed by atoms with Crippen LogP contribution in [0.3, 0.4) is 0 Å². The average Bonchev–Trinajstić information content (AvgIpc) is 3.01. The van der Waals surface area contributed by atoms with Gasteiger partial charge < -0.3 is 10.8 Å². The van der Waals surface area contributed by atoms with Gasteiger partial charge in [0.25, 0.3) is 0 Å². The molecule has 0 saturated carbocycles. The van der Waals surface area contributed by atoms with E-state index in [1.165, 1.54) is 16.8 Å². The lowest BCUT2D eigenvalue weighted by atomic mass is 10.00. The van der Waals surface area contributed by atoms with Crippen molar-refractivity contribution >= 4 is 5.69 Å². The van der Waals surface area contributed by atoms with Gasteiger partial charge in [-0.1, -0.05) is 42.5 Å². The fourth-order valence-corrected chi connectivity index (χ4v) is 3.72. The van der Waals surface area contributed by atoms with Crippen LogP contribution >= 0.6 is 0 Å². The Morgan fingerprint density at radius 2 is 1.92 bits per heavy atom. The number of aliphatic hydroxyl groups is 1. The number of aromatic nitrogens is 2. The highest BCUT2D eigenvalue weighted by Crippen LogP contribution is 2.31. The van der Waals surface area contributed by atoms with Crippen molar-refractivity contribution in [2.24, 2.45) is 0 Å². The molecule has 0 atom stereocenters. The standard InChI is InChI=1S/C21H24N4O/c22-18-8-4-7-17(13-18)21-19-15-24(14-16-5-2-1-3-6-16)10-9-20(19)25(23-21)11-12-26/h1-8,13,26H,9-12,14-15,22H2. The van der Waals surface area contributed by atoms with Crippen molar-refractivity contribution in [3.05, 3.63) is 71.4 Å². The van der Waals surface area contributed by atoms with Crippen LogP contribution in [0.15, 0.2) is 54.6 Å². The SMILES string of the molecule is Nc1cccc(-c2nn(CCO)c3c2CN(Cc2ccccc2)CC3)c1. The Bertz CT molecular complexity index is 888. The van der Waals surface area contributed by atoms with Crippen LogP contribution in [-0.4, -0.2) is 32.9 Å². The highest BCUT2D eigenvalue weighted by molar-refractivity contribution is 5.68. The van der Waals surface area contributed by atoms with E-state index in [1.54, 1.807) is 0 Å². The van der Waals surface area contributed by atoms with E-state index in [4.69, 9.17) is 10.8 Å². The second-order valence-corrected chi connectivity index (χ2v) is 6.79. The number of hydrogen-bond donors (Lipinski definition) is 2. The maximum Gasteiger partial charge on any atom is 0.0971 e. The Morgan fingerprint density at radius 1 is 1.08 bits per heavy atom. The molecule has 0 unspecified atom stereocenters. The Morgan fingerprint density at radius 3 is 2.69 bits per heavy atom. The first-order valence-electron chi connectivity index (χ1n) is 9.06. The first kappa shape index (κ1) is 16.8. The van der Waals surface area contributed by atoms with Crippen molar-refractivity contribution in [3.63, 3.8) is 0 Å². The van der Waals surface area contributed by atoms with E-state index in [2.05, 4.69) is 41.3 Å². The number of hydrogen-bond acceptors (Lipinski definition) is 4. The Kier molecular flexibility index (Phi) is 4.73. The average molecular weight is 348 g/mol. The monoisotopic (exact) mass is 348 g/mol. The second kappa shape index (κ2) is 7.32. The van der Waals surface area contributed by atoms with E-state index < -0.39 is 0 Å². The first-order chi connectivity index (χ1) is 12.7. The largest absolute Gasteiger partial charge is 0.399 e. The maximum absolute atomic E-state index is 9.40. The Labute approximate surface area is 153 Å². The summed E-state index contributed by atoms with van der Waals surface area (Å²) in [5.41, 5.74) is 12.6. The minimum Gasteiger partial charge on any atom is -0.399 e. The summed E-state index contributed by atoms with van der Waals surface area (Å²) in [4.78, 5) is 2.46. The number of nitrogens with zero attached hydrogens (tertiary/aromatic N) is 3. The quantitative estimate of drug-likeness (QED) is 0.696. The molecule has 0 saturated heterocycles. The van der Waals surface area contributed by atoms with Crippen LogP contribution in [0.25, 0.3) is 11.3 Å². The summed E-state index contributed by atoms with van der Waals surface area (Å²) in [7, 11) is 0. The fraction of sp³-hybridized carbons (Fsp3) is 0.286. The highest BCUT2D eigenvalue weighted by atomic mass is 16.3. The van der Waals surface area contributed by atoms with Crippen LogP contribution in [0.2, 0.25) is 0 Å². The summed E-state index contributed by atoms with van der Waals surface area (Å²) in [6.07, 6.45) is 0.942. The molecular formula is C21H24N4O. The zero-order valence-corrected chi connectivity index (χ0v) is 14.8. The molecule has 0 amide bonds. The molecule has 5 heteroatoms. The van der Waals surface area contributed by atoms with Gasteiger partial charge in [-0.25, -0.2) is 0 Å². The lowest BCUT2D eigenvalue weighted by molar-refractivity contribution is 0.236. The van der Waals surface area contributed by atoms with E-state index in [-0.39, 0.29) is 6.61 Å². The molecular weight excluding hydrogens is 324 g/mol. The summed E-state index contributed by atoms with van der Waals surface area (Å²) in [6.45, 7) is 3.42. The molecule has 1 aromatic heterocycles.